The van der Waals surface area contributed by atoms with Crippen LogP contribution in [0.25, 0.3) is 0 Å². The van der Waals surface area contributed by atoms with Gasteiger partial charge in [-0.05, 0) is 103 Å². The van der Waals surface area contributed by atoms with Gasteiger partial charge in [-0.25, -0.2) is 0 Å². The Hall–Kier alpha value is -0.340. The van der Waals surface area contributed by atoms with Gasteiger partial charge in [0.25, 0.3) is 0 Å². The summed E-state index contributed by atoms with van der Waals surface area (Å²) < 4.78 is 0. The van der Waals surface area contributed by atoms with E-state index in [1.807, 2.05) is 5.57 Å². The van der Waals surface area contributed by atoms with E-state index < -0.39 is 11.2 Å². The van der Waals surface area contributed by atoms with Crippen molar-refractivity contribution in [1.29, 1.82) is 0 Å². The Morgan fingerprint density at radius 2 is 1.41 bits per heavy atom. The molecule has 0 saturated heterocycles. The molecule has 5 aliphatic carbocycles. The van der Waals surface area contributed by atoms with Crippen molar-refractivity contribution in [2.45, 2.75) is 125 Å². The van der Waals surface area contributed by atoms with E-state index in [0.29, 0.717) is 39.9 Å². The zero-order chi connectivity index (χ0) is 23.6. The SMILES string of the molecule is CC1(C)CCC2(C)CCC3(C)C(=CCC4C5(C)CCC(O)(O)C(C)(C)C5CCC43C)C2C1. The van der Waals surface area contributed by atoms with Crippen LogP contribution in [0.1, 0.15) is 120 Å². The molecule has 32 heavy (non-hydrogen) atoms. The highest BCUT2D eigenvalue weighted by Crippen LogP contribution is 2.76. The molecule has 0 aliphatic heterocycles. The van der Waals surface area contributed by atoms with Gasteiger partial charge in [0.15, 0.2) is 5.79 Å². The lowest BCUT2D eigenvalue weighted by Crippen LogP contribution is -2.66. The van der Waals surface area contributed by atoms with Gasteiger partial charge in [-0.15, -0.1) is 0 Å². The molecule has 0 amide bonds. The van der Waals surface area contributed by atoms with E-state index in [1.54, 1.807) is 0 Å². The Labute approximate surface area is 197 Å². The van der Waals surface area contributed by atoms with Crippen LogP contribution in [-0.4, -0.2) is 16.0 Å². The summed E-state index contributed by atoms with van der Waals surface area (Å²) in [4.78, 5) is 0. The third-order valence-electron chi connectivity index (χ3n) is 13.2. The van der Waals surface area contributed by atoms with Crippen LogP contribution in [0.5, 0.6) is 0 Å². The first-order chi connectivity index (χ1) is 14.5. The largest absolute Gasteiger partial charge is 0.365 e. The summed E-state index contributed by atoms with van der Waals surface area (Å²) >= 11 is 0. The van der Waals surface area contributed by atoms with Gasteiger partial charge >= 0.3 is 0 Å². The molecule has 5 rings (SSSR count). The van der Waals surface area contributed by atoms with Crippen LogP contribution in [0.3, 0.4) is 0 Å². The van der Waals surface area contributed by atoms with Gasteiger partial charge in [0.2, 0.25) is 0 Å². The average molecular weight is 443 g/mol. The minimum Gasteiger partial charge on any atom is -0.365 e. The summed E-state index contributed by atoms with van der Waals surface area (Å²) in [6.07, 6.45) is 14.6. The fourth-order valence-corrected chi connectivity index (χ4v) is 10.5. The minimum absolute atomic E-state index is 0.184. The second kappa shape index (κ2) is 6.45. The summed E-state index contributed by atoms with van der Waals surface area (Å²) in [6, 6.07) is 0. The van der Waals surface area contributed by atoms with Crippen molar-refractivity contribution in [3.8, 4) is 0 Å². The summed E-state index contributed by atoms with van der Waals surface area (Å²) in [5.41, 5.74) is 3.11. The fourth-order valence-electron chi connectivity index (χ4n) is 10.5. The molecule has 0 radical (unpaired) electrons. The number of rotatable bonds is 0. The van der Waals surface area contributed by atoms with Crippen LogP contribution in [0.4, 0.5) is 0 Å². The van der Waals surface area contributed by atoms with Gasteiger partial charge < -0.3 is 10.2 Å². The van der Waals surface area contributed by atoms with Gasteiger partial charge in [-0.1, -0.05) is 67.0 Å². The van der Waals surface area contributed by atoms with E-state index >= 15 is 0 Å². The Balaban J connectivity index is 1.57. The van der Waals surface area contributed by atoms with Gasteiger partial charge in [0.05, 0.1) is 0 Å². The summed E-state index contributed by atoms with van der Waals surface area (Å²) in [5, 5.41) is 21.8. The van der Waals surface area contributed by atoms with Gasteiger partial charge in [-0.3, -0.25) is 0 Å². The van der Waals surface area contributed by atoms with Crippen LogP contribution in [0.2, 0.25) is 0 Å². The van der Waals surface area contributed by atoms with E-state index in [4.69, 9.17) is 0 Å². The quantitative estimate of drug-likeness (QED) is 0.301. The van der Waals surface area contributed by atoms with E-state index in [1.165, 1.54) is 44.9 Å². The molecule has 0 bridgehead atoms. The van der Waals surface area contributed by atoms with Crippen LogP contribution in [-0.2, 0) is 0 Å². The summed E-state index contributed by atoms with van der Waals surface area (Å²) in [7, 11) is 0. The zero-order valence-electron chi connectivity index (χ0n) is 22.3. The molecular formula is C30H50O2. The first kappa shape index (κ1) is 23.4. The normalized spacial score (nSPS) is 53.2. The molecule has 5 aliphatic rings. The number of hydrogen-bond donors (Lipinski definition) is 2. The third kappa shape index (κ3) is 2.72. The summed E-state index contributed by atoms with van der Waals surface area (Å²) in [5.74, 6) is 0.223. The minimum atomic E-state index is -1.54. The van der Waals surface area contributed by atoms with Crippen molar-refractivity contribution in [3.63, 3.8) is 0 Å². The second-order valence-corrected chi connectivity index (χ2v) is 15.4. The maximum atomic E-state index is 10.9. The highest BCUT2D eigenvalue weighted by atomic mass is 16.5. The Kier molecular flexibility index (Phi) is 4.72. The van der Waals surface area contributed by atoms with E-state index in [2.05, 4.69) is 61.5 Å². The number of allylic oxidation sites excluding steroid dienone is 2. The van der Waals surface area contributed by atoms with Crippen LogP contribution in [0.15, 0.2) is 11.6 Å². The molecular weight excluding hydrogens is 392 g/mol. The van der Waals surface area contributed by atoms with Crippen molar-refractivity contribution >= 4 is 0 Å². The van der Waals surface area contributed by atoms with Crippen LogP contribution in [0, 0.1) is 50.2 Å². The molecule has 7 atom stereocenters. The van der Waals surface area contributed by atoms with Crippen molar-refractivity contribution in [1.82, 2.24) is 0 Å². The highest BCUT2D eigenvalue weighted by molar-refractivity contribution is 5.33. The monoisotopic (exact) mass is 442 g/mol. The highest BCUT2D eigenvalue weighted by Gasteiger charge is 2.69. The van der Waals surface area contributed by atoms with Crippen molar-refractivity contribution in [3.05, 3.63) is 11.6 Å². The number of aliphatic hydroxyl groups is 2. The Bertz CT molecular complexity index is 836. The predicted octanol–water partition coefficient (Wildman–Crippen LogP) is 7.49. The smallest absolute Gasteiger partial charge is 0.167 e. The number of hydrogen-bond acceptors (Lipinski definition) is 2. The molecule has 7 unspecified atom stereocenters. The third-order valence-corrected chi connectivity index (χ3v) is 13.2. The molecule has 182 valence electrons. The Morgan fingerprint density at radius 1 is 0.750 bits per heavy atom. The standard InChI is InChI=1S/C30H50O2/c1-24(2)13-14-26(5)15-17-28(7)20(21(26)19-24)9-10-23-27(6)16-18-30(31,32)25(3,4)22(27)11-12-29(23,28)8/h9,21-23,31-32H,10-19H2,1-8H3. The van der Waals surface area contributed by atoms with E-state index in [9.17, 15) is 10.2 Å². The van der Waals surface area contributed by atoms with Crippen molar-refractivity contribution in [2.75, 3.05) is 0 Å². The van der Waals surface area contributed by atoms with Crippen molar-refractivity contribution in [2.24, 2.45) is 50.2 Å². The second-order valence-electron chi connectivity index (χ2n) is 15.4. The Morgan fingerprint density at radius 3 is 2.09 bits per heavy atom. The number of fused-ring (bicyclic) bond motifs is 7. The lowest BCUT2D eigenvalue weighted by atomic mass is 9.33. The van der Waals surface area contributed by atoms with Crippen molar-refractivity contribution < 1.29 is 10.2 Å². The van der Waals surface area contributed by atoms with Crippen LogP contribution < -0.4 is 0 Å². The lowest BCUT2D eigenvalue weighted by molar-refractivity contribution is -0.311. The molecule has 4 saturated carbocycles. The fraction of sp³-hybridized carbons (Fsp3) is 0.933. The zero-order valence-corrected chi connectivity index (χ0v) is 22.3. The average Bonchev–Trinajstić information content (AvgIpc) is 2.67. The molecule has 4 fully saturated rings. The van der Waals surface area contributed by atoms with Gasteiger partial charge in [-0.2, -0.15) is 0 Å². The summed E-state index contributed by atoms with van der Waals surface area (Å²) in [6.45, 7) is 19.7. The maximum absolute atomic E-state index is 10.9. The van der Waals surface area contributed by atoms with Gasteiger partial charge in [0.1, 0.15) is 0 Å². The van der Waals surface area contributed by atoms with Crippen LogP contribution >= 0.6 is 0 Å². The molecule has 2 nitrogen and oxygen atoms in total. The first-order valence-corrected chi connectivity index (χ1v) is 13.7. The topological polar surface area (TPSA) is 40.5 Å². The molecule has 0 aromatic carbocycles. The predicted molar refractivity (Wildman–Crippen MR) is 132 cm³/mol. The maximum Gasteiger partial charge on any atom is 0.167 e. The molecule has 2 N–H and O–H groups in total. The molecule has 2 heteroatoms. The molecule has 0 spiro atoms. The van der Waals surface area contributed by atoms with E-state index in [-0.39, 0.29) is 5.41 Å². The van der Waals surface area contributed by atoms with E-state index in [0.717, 1.165) is 18.8 Å². The van der Waals surface area contributed by atoms with Gasteiger partial charge in [0, 0.05) is 11.8 Å². The first-order valence-electron chi connectivity index (χ1n) is 13.7. The molecule has 0 aromatic heterocycles. The molecule has 0 aromatic rings. The molecule has 0 heterocycles. The lowest BCUT2D eigenvalue weighted by Gasteiger charge is -2.72.